The Hall–Kier alpha value is -1.67. The molecule has 0 radical (unpaired) electrons. The Bertz CT molecular complexity index is 575. The SMILES string of the molecule is NC1(N)C=C(C(F)(F)F)C(c2ccccc2)=CC1(O)O. The summed E-state index contributed by atoms with van der Waals surface area (Å²) in [5.41, 5.74) is 6.94. The van der Waals surface area contributed by atoms with Crippen LogP contribution in [0.2, 0.25) is 0 Å². The first-order valence-corrected chi connectivity index (χ1v) is 5.66. The largest absolute Gasteiger partial charge is 0.416 e. The van der Waals surface area contributed by atoms with Gasteiger partial charge in [0.05, 0.1) is 5.57 Å². The molecule has 4 nitrogen and oxygen atoms in total. The van der Waals surface area contributed by atoms with Gasteiger partial charge in [-0.05, 0) is 23.3 Å². The molecule has 108 valence electrons. The van der Waals surface area contributed by atoms with Crippen LogP contribution in [-0.2, 0) is 0 Å². The molecular weight excluding hydrogens is 273 g/mol. The third-order valence-corrected chi connectivity index (χ3v) is 3.05. The van der Waals surface area contributed by atoms with Crippen molar-refractivity contribution >= 4 is 5.57 Å². The van der Waals surface area contributed by atoms with Crippen LogP contribution in [0.4, 0.5) is 13.2 Å². The van der Waals surface area contributed by atoms with Crippen LogP contribution in [0.5, 0.6) is 0 Å². The summed E-state index contributed by atoms with van der Waals surface area (Å²) in [7, 11) is 0. The summed E-state index contributed by atoms with van der Waals surface area (Å²) >= 11 is 0. The van der Waals surface area contributed by atoms with Crippen molar-refractivity contribution in [2.75, 3.05) is 0 Å². The molecule has 1 aliphatic rings. The van der Waals surface area contributed by atoms with Gasteiger partial charge in [0.2, 0.25) is 5.79 Å². The summed E-state index contributed by atoms with van der Waals surface area (Å²) in [6.07, 6.45) is -3.68. The number of allylic oxidation sites excluding steroid dienone is 2. The number of hydrogen-bond donors (Lipinski definition) is 4. The van der Waals surface area contributed by atoms with Crippen molar-refractivity contribution in [2.45, 2.75) is 17.6 Å². The highest BCUT2D eigenvalue weighted by Crippen LogP contribution is 2.42. The van der Waals surface area contributed by atoms with Crippen LogP contribution >= 0.6 is 0 Å². The fourth-order valence-electron chi connectivity index (χ4n) is 1.92. The molecule has 0 spiro atoms. The van der Waals surface area contributed by atoms with E-state index in [2.05, 4.69) is 0 Å². The maximum Gasteiger partial charge on any atom is 0.416 e. The number of halogens is 3. The molecule has 7 heteroatoms. The van der Waals surface area contributed by atoms with Crippen molar-refractivity contribution in [3.05, 3.63) is 53.6 Å². The zero-order chi connectivity index (χ0) is 15.2. The normalized spacial score (nSPS) is 21.1. The van der Waals surface area contributed by atoms with Gasteiger partial charge in [-0.2, -0.15) is 13.2 Å². The van der Waals surface area contributed by atoms with Gasteiger partial charge in [0, 0.05) is 0 Å². The van der Waals surface area contributed by atoms with Gasteiger partial charge < -0.3 is 21.7 Å². The van der Waals surface area contributed by atoms with Gasteiger partial charge in [-0.1, -0.05) is 30.3 Å². The third-order valence-electron chi connectivity index (χ3n) is 3.05. The molecule has 0 heterocycles. The second-order valence-corrected chi connectivity index (χ2v) is 4.64. The molecule has 0 amide bonds. The smallest absolute Gasteiger partial charge is 0.360 e. The van der Waals surface area contributed by atoms with Crippen molar-refractivity contribution in [1.29, 1.82) is 0 Å². The van der Waals surface area contributed by atoms with Crippen LogP contribution < -0.4 is 11.5 Å². The van der Waals surface area contributed by atoms with Crippen molar-refractivity contribution in [2.24, 2.45) is 11.5 Å². The van der Waals surface area contributed by atoms with Crippen LogP contribution in [0, 0.1) is 0 Å². The lowest BCUT2D eigenvalue weighted by Crippen LogP contribution is -2.66. The van der Waals surface area contributed by atoms with Gasteiger partial charge in [0.15, 0.2) is 0 Å². The lowest BCUT2D eigenvalue weighted by atomic mass is 9.83. The molecule has 0 fully saturated rings. The van der Waals surface area contributed by atoms with E-state index in [9.17, 15) is 23.4 Å². The van der Waals surface area contributed by atoms with Crippen LogP contribution in [0.25, 0.3) is 5.57 Å². The molecule has 0 saturated carbocycles. The molecule has 1 aromatic rings. The average Bonchev–Trinajstić information content (AvgIpc) is 2.32. The van der Waals surface area contributed by atoms with Crippen LogP contribution in [0.1, 0.15) is 5.56 Å². The second kappa shape index (κ2) is 4.42. The van der Waals surface area contributed by atoms with E-state index in [0.29, 0.717) is 12.2 Å². The maximum absolute atomic E-state index is 13.1. The molecular formula is C13H13F3N2O2. The fraction of sp³-hybridized carbons (Fsp3) is 0.231. The Morgan fingerprint density at radius 1 is 0.950 bits per heavy atom. The molecule has 20 heavy (non-hydrogen) atoms. The molecule has 0 atom stereocenters. The first-order valence-electron chi connectivity index (χ1n) is 5.66. The maximum atomic E-state index is 13.1. The Kier molecular flexibility index (Phi) is 3.26. The van der Waals surface area contributed by atoms with E-state index >= 15 is 0 Å². The fourth-order valence-corrected chi connectivity index (χ4v) is 1.92. The molecule has 1 aromatic carbocycles. The quantitative estimate of drug-likeness (QED) is 0.576. The molecule has 6 N–H and O–H groups in total. The number of hydrogen-bond acceptors (Lipinski definition) is 4. The Balaban J connectivity index is 2.64. The Morgan fingerprint density at radius 3 is 2.00 bits per heavy atom. The minimum absolute atomic E-state index is 0.180. The zero-order valence-corrected chi connectivity index (χ0v) is 10.2. The second-order valence-electron chi connectivity index (χ2n) is 4.64. The Morgan fingerprint density at radius 2 is 1.50 bits per heavy atom. The number of alkyl halides is 3. The van der Waals surface area contributed by atoms with Gasteiger partial charge in [-0.3, -0.25) is 0 Å². The highest BCUT2D eigenvalue weighted by atomic mass is 19.4. The first kappa shape index (κ1) is 14.7. The Labute approximate surface area is 112 Å². The van der Waals surface area contributed by atoms with Crippen molar-refractivity contribution in [3.63, 3.8) is 0 Å². The van der Waals surface area contributed by atoms with Crippen molar-refractivity contribution in [3.8, 4) is 0 Å². The number of nitrogens with two attached hydrogens (primary N) is 2. The van der Waals surface area contributed by atoms with E-state index in [1.165, 1.54) is 24.3 Å². The number of rotatable bonds is 1. The summed E-state index contributed by atoms with van der Waals surface area (Å²) in [6.45, 7) is 0. The van der Waals surface area contributed by atoms with Gasteiger partial charge in [0.1, 0.15) is 5.66 Å². The summed E-state index contributed by atoms with van der Waals surface area (Å²) in [5.74, 6) is -2.78. The molecule has 0 unspecified atom stereocenters. The predicted molar refractivity (Wildman–Crippen MR) is 66.8 cm³/mol. The highest BCUT2D eigenvalue weighted by molar-refractivity contribution is 5.82. The van der Waals surface area contributed by atoms with Crippen LogP contribution in [0.15, 0.2) is 48.1 Å². The highest BCUT2D eigenvalue weighted by Gasteiger charge is 2.49. The number of benzene rings is 1. The van der Waals surface area contributed by atoms with E-state index in [0.717, 1.165) is 0 Å². The lowest BCUT2D eigenvalue weighted by Gasteiger charge is -2.38. The predicted octanol–water partition coefficient (Wildman–Crippen LogP) is 0.867. The molecule has 2 rings (SSSR count). The van der Waals surface area contributed by atoms with E-state index in [1.807, 2.05) is 0 Å². The summed E-state index contributed by atoms with van der Waals surface area (Å²) < 4.78 is 39.3. The van der Waals surface area contributed by atoms with Gasteiger partial charge in [0.25, 0.3) is 0 Å². The van der Waals surface area contributed by atoms with E-state index < -0.39 is 23.2 Å². The average molecular weight is 286 g/mol. The summed E-state index contributed by atoms with van der Waals surface area (Å²) in [6, 6.07) is 7.54. The minimum Gasteiger partial charge on any atom is -0.360 e. The molecule has 0 aliphatic heterocycles. The van der Waals surface area contributed by atoms with E-state index in [-0.39, 0.29) is 11.1 Å². The van der Waals surface area contributed by atoms with E-state index in [1.54, 1.807) is 6.07 Å². The van der Waals surface area contributed by atoms with Gasteiger partial charge in [-0.15, -0.1) is 0 Å². The molecule has 0 bridgehead atoms. The van der Waals surface area contributed by atoms with Gasteiger partial charge >= 0.3 is 6.18 Å². The van der Waals surface area contributed by atoms with Crippen LogP contribution in [-0.4, -0.2) is 27.8 Å². The summed E-state index contributed by atoms with van der Waals surface area (Å²) in [4.78, 5) is 0. The number of aliphatic hydroxyl groups is 2. The minimum atomic E-state index is -4.72. The standard InChI is InChI=1S/C13H13F3N2O2/c14-13(15,16)10-7-11(17,18)12(19,20)6-9(10)8-4-2-1-3-5-8/h1-7,19-20H,17-18H2. The van der Waals surface area contributed by atoms with Crippen LogP contribution in [0.3, 0.4) is 0 Å². The topological polar surface area (TPSA) is 92.5 Å². The monoisotopic (exact) mass is 286 g/mol. The van der Waals surface area contributed by atoms with Crippen molar-refractivity contribution in [1.82, 2.24) is 0 Å². The molecule has 0 aromatic heterocycles. The zero-order valence-electron chi connectivity index (χ0n) is 10.2. The van der Waals surface area contributed by atoms with Gasteiger partial charge in [-0.25, -0.2) is 0 Å². The molecule has 0 saturated heterocycles. The molecule has 1 aliphatic carbocycles. The first-order chi connectivity index (χ1) is 9.05. The van der Waals surface area contributed by atoms with E-state index in [4.69, 9.17) is 11.5 Å². The third kappa shape index (κ3) is 2.48. The summed E-state index contributed by atoms with van der Waals surface area (Å²) in [5, 5.41) is 19.5. The lowest BCUT2D eigenvalue weighted by molar-refractivity contribution is -0.158. The van der Waals surface area contributed by atoms with Crippen molar-refractivity contribution < 1.29 is 23.4 Å².